The van der Waals surface area contributed by atoms with E-state index in [0.717, 1.165) is 6.42 Å². The van der Waals surface area contributed by atoms with Gasteiger partial charge in [-0.05, 0) is 35.2 Å². The zero-order valence-electron chi connectivity index (χ0n) is 9.50. The summed E-state index contributed by atoms with van der Waals surface area (Å²) in [5, 5.41) is 2.74. The van der Waals surface area contributed by atoms with Crippen molar-refractivity contribution in [1.29, 1.82) is 0 Å². The molecular weight excluding hydrogens is 330 g/mol. The average molecular weight is 342 g/mol. The Morgan fingerprint density at radius 3 is 2.53 bits per heavy atom. The fourth-order valence-electron chi connectivity index (χ4n) is 2.26. The van der Waals surface area contributed by atoms with E-state index < -0.39 is 20.8 Å². The SMILES string of the molecule is CC1=Cc2c(ccc3ccccc23)C1.[Cl][Zr][Cl]. The molecule has 0 radical (unpaired) electrons. The van der Waals surface area contributed by atoms with E-state index >= 15 is 0 Å². The molecule has 3 heteroatoms. The molecule has 0 saturated heterocycles. The number of rotatable bonds is 0. The molecular formula is C14H12Cl2Zr. The summed E-state index contributed by atoms with van der Waals surface area (Å²) in [7, 11) is 9.87. The molecule has 0 amide bonds. The molecule has 2 aromatic rings. The van der Waals surface area contributed by atoms with E-state index in [1.165, 1.54) is 27.5 Å². The van der Waals surface area contributed by atoms with Crippen LogP contribution in [0.1, 0.15) is 18.1 Å². The number of halogens is 2. The molecule has 0 aromatic heterocycles. The molecule has 0 fully saturated rings. The minimum atomic E-state index is -0.826. The molecule has 0 bridgehead atoms. The van der Waals surface area contributed by atoms with Crippen molar-refractivity contribution in [3.05, 3.63) is 53.1 Å². The Morgan fingerprint density at radius 2 is 1.76 bits per heavy atom. The monoisotopic (exact) mass is 340 g/mol. The number of allylic oxidation sites excluding steroid dienone is 1. The van der Waals surface area contributed by atoms with Gasteiger partial charge in [-0.3, -0.25) is 0 Å². The Kier molecular flexibility index (Phi) is 4.85. The van der Waals surface area contributed by atoms with E-state index in [-0.39, 0.29) is 0 Å². The van der Waals surface area contributed by atoms with Crippen LogP contribution in [-0.4, -0.2) is 0 Å². The predicted molar refractivity (Wildman–Crippen MR) is 73.0 cm³/mol. The maximum absolute atomic E-state index is 4.93. The van der Waals surface area contributed by atoms with Gasteiger partial charge in [0.2, 0.25) is 0 Å². The first-order valence-corrected chi connectivity index (χ1v) is 11.7. The van der Waals surface area contributed by atoms with Crippen LogP contribution in [0, 0.1) is 0 Å². The first-order valence-electron chi connectivity index (χ1n) is 5.40. The van der Waals surface area contributed by atoms with Crippen molar-refractivity contribution in [2.75, 3.05) is 0 Å². The molecule has 1 aliphatic rings. The van der Waals surface area contributed by atoms with Gasteiger partial charge in [0.05, 0.1) is 0 Å². The van der Waals surface area contributed by atoms with Gasteiger partial charge >= 0.3 is 37.9 Å². The molecule has 0 aliphatic heterocycles. The van der Waals surface area contributed by atoms with Crippen LogP contribution in [0.25, 0.3) is 16.8 Å². The summed E-state index contributed by atoms with van der Waals surface area (Å²) >= 11 is -0.826. The summed E-state index contributed by atoms with van der Waals surface area (Å²) in [6.07, 6.45) is 3.44. The van der Waals surface area contributed by atoms with Gasteiger partial charge in [-0.1, -0.05) is 48.0 Å². The van der Waals surface area contributed by atoms with E-state index in [0.29, 0.717) is 0 Å². The van der Waals surface area contributed by atoms with Gasteiger partial charge in [0.15, 0.2) is 0 Å². The first kappa shape index (κ1) is 13.3. The van der Waals surface area contributed by atoms with E-state index in [9.17, 15) is 0 Å². The van der Waals surface area contributed by atoms with Crippen molar-refractivity contribution in [3.63, 3.8) is 0 Å². The molecule has 0 N–H and O–H groups in total. The van der Waals surface area contributed by atoms with Crippen LogP contribution in [0.5, 0.6) is 0 Å². The van der Waals surface area contributed by atoms with Crippen LogP contribution in [0.3, 0.4) is 0 Å². The van der Waals surface area contributed by atoms with Gasteiger partial charge in [-0.25, -0.2) is 0 Å². The van der Waals surface area contributed by atoms with Crippen LogP contribution < -0.4 is 0 Å². The Labute approximate surface area is 120 Å². The number of hydrogen-bond acceptors (Lipinski definition) is 0. The third kappa shape index (κ3) is 3.02. The second-order valence-corrected chi connectivity index (χ2v) is 7.83. The molecule has 0 spiro atoms. The predicted octanol–water partition coefficient (Wildman–Crippen LogP) is 5.18. The van der Waals surface area contributed by atoms with Crippen LogP contribution in [0.4, 0.5) is 0 Å². The van der Waals surface area contributed by atoms with Gasteiger partial charge in [0.1, 0.15) is 0 Å². The van der Waals surface area contributed by atoms with Crippen LogP contribution in [-0.2, 0) is 27.3 Å². The van der Waals surface area contributed by atoms with Gasteiger partial charge in [-0.15, -0.1) is 0 Å². The Morgan fingerprint density at radius 1 is 1.06 bits per heavy atom. The normalized spacial score (nSPS) is 12.5. The van der Waals surface area contributed by atoms with E-state index in [1.807, 2.05) is 0 Å². The van der Waals surface area contributed by atoms with Crippen LogP contribution in [0.2, 0.25) is 0 Å². The van der Waals surface area contributed by atoms with Gasteiger partial charge in [0, 0.05) is 0 Å². The second kappa shape index (κ2) is 6.18. The minimum absolute atomic E-state index is 0.826. The van der Waals surface area contributed by atoms with Gasteiger partial charge in [0.25, 0.3) is 0 Å². The fraction of sp³-hybridized carbons (Fsp3) is 0.143. The molecule has 0 nitrogen and oxygen atoms in total. The van der Waals surface area contributed by atoms with Crippen molar-refractivity contribution in [2.45, 2.75) is 13.3 Å². The Bertz CT molecular complexity index is 561. The molecule has 0 saturated carbocycles. The summed E-state index contributed by atoms with van der Waals surface area (Å²) in [4.78, 5) is 0. The third-order valence-electron chi connectivity index (χ3n) is 2.92. The van der Waals surface area contributed by atoms with Crippen LogP contribution >= 0.6 is 17.0 Å². The van der Waals surface area contributed by atoms with Gasteiger partial charge in [-0.2, -0.15) is 0 Å². The van der Waals surface area contributed by atoms with Crippen LogP contribution in [0.15, 0.2) is 42.0 Å². The molecule has 0 atom stereocenters. The molecule has 3 rings (SSSR count). The van der Waals surface area contributed by atoms with Crippen molar-refractivity contribution in [2.24, 2.45) is 0 Å². The molecule has 0 unspecified atom stereocenters. The number of benzene rings is 2. The number of hydrogen-bond donors (Lipinski definition) is 0. The molecule has 2 aromatic carbocycles. The zero-order valence-corrected chi connectivity index (χ0v) is 13.5. The zero-order chi connectivity index (χ0) is 12.3. The fourth-order valence-corrected chi connectivity index (χ4v) is 2.26. The van der Waals surface area contributed by atoms with Crippen molar-refractivity contribution in [3.8, 4) is 0 Å². The van der Waals surface area contributed by atoms with Crippen molar-refractivity contribution in [1.82, 2.24) is 0 Å². The first-order chi connectivity index (χ1) is 8.26. The maximum atomic E-state index is 4.93. The molecule has 0 heterocycles. The van der Waals surface area contributed by atoms with E-state index in [4.69, 9.17) is 17.0 Å². The molecule has 86 valence electrons. The second-order valence-electron chi connectivity index (χ2n) is 4.10. The Hall–Kier alpha value is -0.0969. The van der Waals surface area contributed by atoms with E-state index in [2.05, 4.69) is 49.4 Å². The summed E-state index contributed by atoms with van der Waals surface area (Å²) in [6, 6.07) is 13.1. The van der Waals surface area contributed by atoms with Gasteiger partial charge < -0.3 is 0 Å². The molecule has 17 heavy (non-hydrogen) atoms. The summed E-state index contributed by atoms with van der Waals surface area (Å²) in [5.74, 6) is 0. The third-order valence-corrected chi connectivity index (χ3v) is 2.92. The average Bonchev–Trinajstić information content (AvgIpc) is 2.71. The van der Waals surface area contributed by atoms with Crippen molar-refractivity contribution < 1.29 is 20.8 Å². The molecule has 1 aliphatic carbocycles. The quantitative estimate of drug-likeness (QED) is 0.619. The van der Waals surface area contributed by atoms with Crippen molar-refractivity contribution >= 4 is 33.9 Å². The number of fused-ring (bicyclic) bond motifs is 3. The topological polar surface area (TPSA) is 0 Å². The summed E-state index contributed by atoms with van der Waals surface area (Å²) in [6.45, 7) is 2.20. The van der Waals surface area contributed by atoms with E-state index in [1.54, 1.807) is 0 Å². The summed E-state index contributed by atoms with van der Waals surface area (Å²) in [5.41, 5.74) is 4.37. The Balaban J connectivity index is 0.000000329. The summed E-state index contributed by atoms with van der Waals surface area (Å²) < 4.78 is 0. The standard InChI is InChI=1S/C14H12.2ClH.Zr/c1-10-8-12-7-6-11-4-2-3-5-13(11)14(12)9-10;;;/h2-7,9H,8H2,1H3;2*1H;/q;;;+2/p-2.